The number of carbonyl (C=O) groups is 1. The van der Waals surface area contributed by atoms with Gasteiger partial charge in [-0.15, -0.1) is 11.3 Å². The SMILES string of the molecule is C=CC(=O)N(Cc1csc(C2CC2)n1)c1ccc2c(c1)COC2. The average Bonchev–Trinajstić information content (AvgIpc) is 3.14. The molecule has 1 aromatic heterocycles. The Morgan fingerprint density at radius 1 is 1.39 bits per heavy atom. The Bertz CT molecular complexity index is 764. The number of benzene rings is 1. The van der Waals surface area contributed by atoms with Crippen molar-refractivity contribution in [3.05, 3.63) is 58.1 Å². The van der Waals surface area contributed by atoms with Gasteiger partial charge in [0.05, 0.1) is 30.5 Å². The van der Waals surface area contributed by atoms with E-state index < -0.39 is 0 Å². The summed E-state index contributed by atoms with van der Waals surface area (Å²) < 4.78 is 5.46. The number of anilines is 1. The van der Waals surface area contributed by atoms with Crippen LogP contribution >= 0.6 is 11.3 Å². The molecule has 0 spiro atoms. The van der Waals surface area contributed by atoms with Gasteiger partial charge in [0.2, 0.25) is 0 Å². The first kappa shape index (κ1) is 14.6. The van der Waals surface area contributed by atoms with Crippen LogP contribution in [0.15, 0.2) is 36.2 Å². The molecule has 0 atom stereocenters. The van der Waals surface area contributed by atoms with Crippen molar-refractivity contribution in [3.63, 3.8) is 0 Å². The average molecular weight is 326 g/mol. The number of rotatable bonds is 5. The molecule has 1 fully saturated rings. The fraction of sp³-hybridized carbons (Fsp3) is 0.333. The van der Waals surface area contributed by atoms with Gasteiger partial charge in [0, 0.05) is 17.0 Å². The van der Waals surface area contributed by atoms with Gasteiger partial charge in [0.15, 0.2) is 0 Å². The number of amides is 1. The van der Waals surface area contributed by atoms with Crippen LogP contribution in [0.3, 0.4) is 0 Å². The lowest BCUT2D eigenvalue weighted by Crippen LogP contribution is -2.28. The van der Waals surface area contributed by atoms with E-state index in [0.29, 0.717) is 25.7 Å². The third kappa shape index (κ3) is 2.94. The minimum atomic E-state index is -0.107. The zero-order chi connectivity index (χ0) is 15.8. The van der Waals surface area contributed by atoms with E-state index in [0.717, 1.165) is 16.9 Å². The zero-order valence-electron chi connectivity index (χ0n) is 12.8. The van der Waals surface area contributed by atoms with Gasteiger partial charge in [-0.2, -0.15) is 0 Å². The first-order valence-corrected chi connectivity index (χ1v) is 8.70. The zero-order valence-corrected chi connectivity index (χ0v) is 13.6. The van der Waals surface area contributed by atoms with Gasteiger partial charge in [-0.05, 0) is 42.2 Å². The van der Waals surface area contributed by atoms with E-state index in [1.54, 1.807) is 16.2 Å². The van der Waals surface area contributed by atoms with E-state index in [2.05, 4.69) is 12.0 Å². The van der Waals surface area contributed by atoms with E-state index in [4.69, 9.17) is 9.72 Å². The Balaban J connectivity index is 1.61. The van der Waals surface area contributed by atoms with Crippen LogP contribution in [-0.4, -0.2) is 10.9 Å². The Hall–Kier alpha value is -1.98. The minimum Gasteiger partial charge on any atom is -0.372 e. The summed E-state index contributed by atoms with van der Waals surface area (Å²) in [6, 6.07) is 6.05. The van der Waals surface area contributed by atoms with Crippen LogP contribution in [0.1, 0.15) is 40.6 Å². The highest BCUT2D eigenvalue weighted by Crippen LogP contribution is 2.41. The van der Waals surface area contributed by atoms with Gasteiger partial charge in [0.25, 0.3) is 5.91 Å². The van der Waals surface area contributed by atoms with Crippen molar-refractivity contribution in [1.29, 1.82) is 0 Å². The smallest absolute Gasteiger partial charge is 0.250 e. The topological polar surface area (TPSA) is 42.4 Å². The van der Waals surface area contributed by atoms with Crippen LogP contribution in [0.25, 0.3) is 0 Å². The second-order valence-electron chi connectivity index (χ2n) is 6.03. The molecular weight excluding hydrogens is 308 g/mol. The Labute approximate surface area is 139 Å². The molecule has 1 saturated carbocycles. The quantitative estimate of drug-likeness (QED) is 0.786. The summed E-state index contributed by atoms with van der Waals surface area (Å²) >= 11 is 1.70. The predicted octanol–water partition coefficient (Wildman–Crippen LogP) is 3.77. The largest absolute Gasteiger partial charge is 0.372 e. The molecule has 4 nitrogen and oxygen atoms in total. The van der Waals surface area contributed by atoms with E-state index >= 15 is 0 Å². The number of aromatic nitrogens is 1. The van der Waals surface area contributed by atoms with Crippen molar-refractivity contribution >= 4 is 22.9 Å². The summed E-state index contributed by atoms with van der Waals surface area (Å²) in [7, 11) is 0. The molecule has 1 aliphatic carbocycles. The lowest BCUT2D eigenvalue weighted by molar-refractivity contribution is -0.114. The molecule has 4 rings (SSSR count). The third-order valence-electron chi connectivity index (χ3n) is 4.27. The third-order valence-corrected chi connectivity index (χ3v) is 5.33. The maximum absolute atomic E-state index is 12.3. The number of thiazole rings is 1. The fourth-order valence-electron chi connectivity index (χ4n) is 2.81. The number of hydrogen-bond acceptors (Lipinski definition) is 4. The molecule has 23 heavy (non-hydrogen) atoms. The van der Waals surface area contributed by atoms with Crippen molar-refractivity contribution in [2.75, 3.05) is 4.90 Å². The maximum atomic E-state index is 12.3. The first-order chi connectivity index (χ1) is 11.2. The van der Waals surface area contributed by atoms with E-state index in [-0.39, 0.29) is 5.91 Å². The Morgan fingerprint density at radius 3 is 3.00 bits per heavy atom. The number of nitrogens with zero attached hydrogens (tertiary/aromatic N) is 2. The molecule has 5 heteroatoms. The molecule has 2 aromatic rings. The highest BCUT2D eigenvalue weighted by molar-refractivity contribution is 7.09. The van der Waals surface area contributed by atoms with Crippen molar-refractivity contribution in [1.82, 2.24) is 4.98 Å². The summed E-state index contributed by atoms with van der Waals surface area (Å²) in [5.41, 5.74) is 4.18. The number of fused-ring (bicyclic) bond motifs is 1. The molecule has 0 N–H and O–H groups in total. The van der Waals surface area contributed by atoms with Crippen molar-refractivity contribution in [2.45, 2.75) is 38.5 Å². The van der Waals surface area contributed by atoms with Crippen LogP contribution in [-0.2, 0) is 29.3 Å². The molecule has 2 aliphatic rings. The molecular formula is C18H18N2O2S. The maximum Gasteiger partial charge on any atom is 0.250 e. The predicted molar refractivity (Wildman–Crippen MR) is 90.4 cm³/mol. The molecule has 1 aliphatic heterocycles. The summed E-state index contributed by atoms with van der Waals surface area (Å²) in [5, 5.41) is 3.27. The van der Waals surface area contributed by atoms with Crippen molar-refractivity contribution in [2.24, 2.45) is 0 Å². The monoisotopic (exact) mass is 326 g/mol. The van der Waals surface area contributed by atoms with Crippen LogP contribution in [0.2, 0.25) is 0 Å². The van der Waals surface area contributed by atoms with Gasteiger partial charge < -0.3 is 9.64 Å². The summed E-state index contributed by atoms with van der Waals surface area (Å²) in [6.07, 6.45) is 3.85. The highest BCUT2D eigenvalue weighted by Gasteiger charge is 2.27. The molecule has 1 amide bonds. The molecule has 0 unspecified atom stereocenters. The molecule has 0 bridgehead atoms. The molecule has 118 valence electrons. The van der Waals surface area contributed by atoms with Crippen molar-refractivity contribution in [3.8, 4) is 0 Å². The second kappa shape index (κ2) is 5.91. The Morgan fingerprint density at radius 2 is 2.22 bits per heavy atom. The molecule has 0 saturated heterocycles. The lowest BCUT2D eigenvalue weighted by atomic mass is 10.1. The fourth-order valence-corrected chi connectivity index (χ4v) is 3.79. The van der Waals surface area contributed by atoms with Crippen molar-refractivity contribution < 1.29 is 9.53 Å². The summed E-state index contributed by atoms with van der Waals surface area (Å²) in [6.45, 7) is 5.38. The minimum absolute atomic E-state index is 0.107. The Kier molecular flexibility index (Phi) is 3.75. The summed E-state index contributed by atoms with van der Waals surface area (Å²) in [5.74, 6) is 0.541. The molecule has 0 radical (unpaired) electrons. The van der Waals surface area contributed by atoms with E-state index in [9.17, 15) is 4.79 Å². The molecule has 1 aromatic carbocycles. The first-order valence-electron chi connectivity index (χ1n) is 7.82. The highest BCUT2D eigenvalue weighted by atomic mass is 32.1. The van der Waals surface area contributed by atoms with Gasteiger partial charge in [-0.25, -0.2) is 4.98 Å². The lowest BCUT2D eigenvalue weighted by Gasteiger charge is -2.21. The number of hydrogen-bond donors (Lipinski definition) is 0. The van der Waals surface area contributed by atoms with E-state index in [1.807, 2.05) is 18.2 Å². The van der Waals surface area contributed by atoms with E-state index in [1.165, 1.54) is 29.5 Å². The van der Waals surface area contributed by atoms with Gasteiger partial charge >= 0.3 is 0 Å². The van der Waals surface area contributed by atoms with Crippen LogP contribution < -0.4 is 4.90 Å². The molecule has 2 heterocycles. The summed E-state index contributed by atoms with van der Waals surface area (Å²) in [4.78, 5) is 18.7. The van der Waals surface area contributed by atoms with Crippen LogP contribution in [0, 0.1) is 0 Å². The van der Waals surface area contributed by atoms with Gasteiger partial charge in [0.1, 0.15) is 0 Å². The van der Waals surface area contributed by atoms with Crippen LogP contribution in [0.4, 0.5) is 5.69 Å². The normalized spacial score (nSPS) is 16.2. The number of carbonyl (C=O) groups excluding carboxylic acids is 1. The second-order valence-corrected chi connectivity index (χ2v) is 6.92. The standard InChI is InChI=1S/C18H18N2O2S/c1-2-17(21)20(8-15-11-23-18(19-15)12-3-4-12)16-6-5-13-9-22-10-14(13)7-16/h2,5-7,11-12H,1,3-4,8-10H2. The van der Waals surface area contributed by atoms with Gasteiger partial charge in [-0.1, -0.05) is 12.6 Å². The van der Waals surface area contributed by atoms with Crippen LogP contribution in [0.5, 0.6) is 0 Å². The van der Waals surface area contributed by atoms with Gasteiger partial charge in [-0.3, -0.25) is 4.79 Å². The number of ether oxygens (including phenoxy) is 1.